The quantitative estimate of drug-likeness (QED) is 0.821. The van der Waals surface area contributed by atoms with Crippen molar-refractivity contribution in [2.75, 3.05) is 6.54 Å². The second-order valence-corrected chi connectivity index (χ2v) is 4.37. The molecule has 0 spiro atoms. The van der Waals surface area contributed by atoms with Gasteiger partial charge in [-0.3, -0.25) is 4.79 Å². The summed E-state index contributed by atoms with van der Waals surface area (Å²) in [7, 11) is 0. The number of carbonyl (C=O) groups excluding carboxylic acids is 1. The average molecular weight is 269 g/mol. The van der Waals surface area contributed by atoms with Gasteiger partial charge in [0.2, 0.25) is 5.91 Å². The second kappa shape index (κ2) is 6.91. The molecular weight excluding hydrogens is 250 g/mol. The molecule has 0 aromatic rings. The summed E-state index contributed by atoms with van der Waals surface area (Å²) in [4.78, 5) is 11.6. The summed E-state index contributed by atoms with van der Waals surface area (Å²) in [6.45, 7) is 5.05. The van der Waals surface area contributed by atoms with Crippen LogP contribution in [-0.4, -0.2) is 30.7 Å². The monoisotopic (exact) mass is 268 g/mol. The molecule has 1 unspecified atom stereocenters. The molecule has 3 atom stereocenters. The van der Waals surface area contributed by atoms with Gasteiger partial charge in [0.25, 0.3) is 0 Å². The normalized spacial score (nSPS) is 24.8. The van der Waals surface area contributed by atoms with Gasteiger partial charge in [0, 0.05) is 13.0 Å². The van der Waals surface area contributed by atoms with Gasteiger partial charge in [-0.15, -0.1) is 12.4 Å². The van der Waals surface area contributed by atoms with Crippen LogP contribution in [0.3, 0.4) is 0 Å². The van der Waals surface area contributed by atoms with Crippen LogP contribution in [0, 0.1) is 0 Å². The number of alkyl halides is 1. The summed E-state index contributed by atoms with van der Waals surface area (Å²) in [5.74, 6) is -0.688. The van der Waals surface area contributed by atoms with Crippen LogP contribution < -0.4 is 10.6 Å². The third-order valence-electron chi connectivity index (χ3n) is 2.61. The Bertz CT molecular complexity index is 306. The Balaban J connectivity index is 0.00000256. The molecule has 1 aliphatic heterocycles. The van der Waals surface area contributed by atoms with E-state index in [0.29, 0.717) is 5.57 Å². The molecule has 17 heavy (non-hydrogen) atoms. The molecular formula is C11H19ClF2N2O. The Kier molecular flexibility index (Phi) is 6.64. The van der Waals surface area contributed by atoms with Gasteiger partial charge in [0.05, 0.1) is 12.1 Å². The molecule has 1 fully saturated rings. The molecule has 1 saturated heterocycles. The molecule has 0 aromatic carbocycles. The zero-order chi connectivity index (χ0) is 12.3. The molecule has 0 aromatic heterocycles. The molecule has 1 amide bonds. The fourth-order valence-electron chi connectivity index (χ4n) is 1.70. The molecule has 3 nitrogen and oxygen atoms in total. The Labute approximate surface area is 106 Å². The lowest BCUT2D eigenvalue weighted by Crippen LogP contribution is -2.44. The van der Waals surface area contributed by atoms with Gasteiger partial charge < -0.3 is 10.6 Å². The van der Waals surface area contributed by atoms with Crippen molar-refractivity contribution in [3.05, 3.63) is 11.4 Å². The van der Waals surface area contributed by atoms with Crippen LogP contribution in [0.4, 0.5) is 8.78 Å². The first-order chi connectivity index (χ1) is 7.41. The van der Waals surface area contributed by atoms with E-state index in [1.54, 1.807) is 20.8 Å². The summed E-state index contributed by atoms with van der Waals surface area (Å²) in [6, 6.07) is -1.19. The third-order valence-corrected chi connectivity index (χ3v) is 2.61. The zero-order valence-electron chi connectivity index (χ0n) is 10.2. The Hall–Kier alpha value is -0.680. The fourth-order valence-corrected chi connectivity index (χ4v) is 1.70. The van der Waals surface area contributed by atoms with E-state index in [-0.39, 0.29) is 37.1 Å². The van der Waals surface area contributed by atoms with Gasteiger partial charge in [-0.05, 0) is 26.3 Å². The summed E-state index contributed by atoms with van der Waals surface area (Å²) < 4.78 is 26.2. The third kappa shape index (κ3) is 4.60. The number of hydrogen-bond donors (Lipinski definition) is 2. The van der Waals surface area contributed by atoms with Gasteiger partial charge in [0.15, 0.2) is 0 Å². The highest BCUT2D eigenvalue weighted by molar-refractivity contribution is 5.85. The summed E-state index contributed by atoms with van der Waals surface area (Å²) in [5.41, 5.74) is 0.538. The number of halogens is 3. The number of hydrogen-bond acceptors (Lipinski definition) is 2. The first-order valence-corrected chi connectivity index (χ1v) is 5.42. The number of rotatable bonds is 3. The van der Waals surface area contributed by atoms with Crippen molar-refractivity contribution in [1.82, 2.24) is 10.6 Å². The highest BCUT2D eigenvalue weighted by Crippen LogP contribution is 2.13. The highest BCUT2D eigenvalue weighted by Gasteiger charge is 2.30. The predicted octanol–water partition coefficient (Wildman–Crippen LogP) is 1.88. The lowest BCUT2D eigenvalue weighted by Gasteiger charge is -2.16. The minimum atomic E-state index is -0.987. The van der Waals surface area contributed by atoms with Crippen molar-refractivity contribution in [2.45, 2.75) is 45.4 Å². The lowest BCUT2D eigenvalue weighted by molar-refractivity contribution is -0.123. The lowest BCUT2D eigenvalue weighted by atomic mass is 10.1. The Morgan fingerprint density at radius 1 is 1.47 bits per heavy atom. The van der Waals surface area contributed by atoms with Crippen LogP contribution in [0.15, 0.2) is 11.4 Å². The molecule has 1 aliphatic rings. The molecule has 2 N–H and O–H groups in total. The second-order valence-electron chi connectivity index (χ2n) is 4.37. The maximum Gasteiger partial charge on any atom is 0.237 e. The SMILES string of the molecule is CC(C)=C(F)C(C)NC(=O)[C@@H]1C[C@@H](F)CN1.Cl. The van der Waals surface area contributed by atoms with Gasteiger partial charge >= 0.3 is 0 Å². The van der Waals surface area contributed by atoms with Crippen LogP contribution in [0.25, 0.3) is 0 Å². The van der Waals surface area contributed by atoms with Crippen LogP contribution in [0.1, 0.15) is 27.2 Å². The van der Waals surface area contributed by atoms with Gasteiger partial charge in [-0.25, -0.2) is 8.78 Å². The molecule has 0 bridgehead atoms. The molecule has 100 valence electrons. The number of nitrogens with one attached hydrogen (secondary N) is 2. The van der Waals surface area contributed by atoms with E-state index in [1.165, 1.54) is 0 Å². The van der Waals surface area contributed by atoms with Crippen LogP contribution >= 0.6 is 12.4 Å². The van der Waals surface area contributed by atoms with Crippen molar-refractivity contribution in [3.8, 4) is 0 Å². The van der Waals surface area contributed by atoms with Crippen molar-refractivity contribution in [2.24, 2.45) is 0 Å². The van der Waals surface area contributed by atoms with E-state index in [2.05, 4.69) is 10.6 Å². The maximum atomic E-state index is 13.4. The highest BCUT2D eigenvalue weighted by atomic mass is 35.5. The van der Waals surface area contributed by atoms with E-state index in [1.807, 2.05) is 0 Å². The predicted molar refractivity (Wildman–Crippen MR) is 65.6 cm³/mol. The van der Waals surface area contributed by atoms with Gasteiger partial charge in [-0.1, -0.05) is 0 Å². The topological polar surface area (TPSA) is 41.1 Å². The number of allylic oxidation sites excluding steroid dienone is 1. The van der Waals surface area contributed by atoms with Crippen molar-refractivity contribution < 1.29 is 13.6 Å². The zero-order valence-corrected chi connectivity index (χ0v) is 11.0. The Morgan fingerprint density at radius 2 is 2.06 bits per heavy atom. The molecule has 1 heterocycles. The van der Waals surface area contributed by atoms with Crippen molar-refractivity contribution >= 4 is 18.3 Å². The average Bonchev–Trinajstić information content (AvgIpc) is 2.63. The maximum absolute atomic E-state index is 13.4. The minimum absolute atomic E-state index is 0. The van der Waals surface area contributed by atoms with E-state index in [4.69, 9.17) is 0 Å². The van der Waals surface area contributed by atoms with Gasteiger partial charge in [-0.2, -0.15) is 0 Å². The first-order valence-electron chi connectivity index (χ1n) is 5.42. The summed E-state index contributed by atoms with van der Waals surface area (Å²) >= 11 is 0. The van der Waals surface area contributed by atoms with E-state index in [0.717, 1.165) is 0 Å². The smallest absolute Gasteiger partial charge is 0.237 e. The van der Waals surface area contributed by atoms with E-state index < -0.39 is 18.3 Å². The van der Waals surface area contributed by atoms with Gasteiger partial charge in [0.1, 0.15) is 12.0 Å². The molecule has 0 saturated carbocycles. The number of carbonyl (C=O) groups is 1. The molecule has 0 aliphatic carbocycles. The van der Waals surface area contributed by atoms with Crippen LogP contribution in [0.5, 0.6) is 0 Å². The molecule has 1 rings (SSSR count). The van der Waals surface area contributed by atoms with Crippen LogP contribution in [-0.2, 0) is 4.79 Å². The van der Waals surface area contributed by atoms with E-state index >= 15 is 0 Å². The minimum Gasteiger partial charge on any atom is -0.346 e. The molecule has 6 heteroatoms. The van der Waals surface area contributed by atoms with Crippen LogP contribution in [0.2, 0.25) is 0 Å². The first kappa shape index (κ1) is 16.3. The molecule has 0 radical (unpaired) electrons. The number of amides is 1. The fraction of sp³-hybridized carbons (Fsp3) is 0.727. The largest absolute Gasteiger partial charge is 0.346 e. The van der Waals surface area contributed by atoms with Crippen molar-refractivity contribution in [1.29, 1.82) is 0 Å². The van der Waals surface area contributed by atoms with E-state index in [9.17, 15) is 13.6 Å². The van der Waals surface area contributed by atoms with Crippen molar-refractivity contribution in [3.63, 3.8) is 0 Å². The standard InChI is InChI=1S/C11H18F2N2O.ClH/c1-6(2)10(13)7(3)15-11(16)9-4-8(12)5-14-9;/h7-9,14H,4-5H2,1-3H3,(H,15,16);1H/t7?,8-,9+;/m1./s1. The summed E-state index contributed by atoms with van der Waals surface area (Å²) in [5, 5.41) is 5.28. The summed E-state index contributed by atoms with van der Waals surface area (Å²) in [6.07, 6.45) is -0.825. The Morgan fingerprint density at radius 3 is 2.47 bits per heavy atom.